The van der Waals surface area contributed by atoms with Crippen molar-refractivity contribution >= 4 is 21.7 Å². The van der Waals surface area contributed by atoms with Crippen LogP contribution in [0, 0.1) is 19.7 Å². The first kappa shape index (κ1) is 16.0. The van der Waals surface area contributed by atoms with E-state index in [1.807, 2.05) is 0 Å². The Hall–Kier alpha value is -2.41. The predicted octanol–water partition coefficient (Wildman–Crippen LogP) is 2.94. The summed E-state index contributed by atoms with van der Waals surface area (Å²) in [6.07, 6.45) is 0. The molecule has 7 heteroatoms. The molecule has 2 rings (SSSR count). The van der Waals surface area contributed by atoms with Gasteiger partial charge in [-0.2, -0.15) is 0 Å². The maximum absolute atomic E-state index is 13.2. The standard InChI is InChI=1S/C15H14FNO4S/c1-9-4-6-12(8-13(9)15(18)19)22(20,21)17-14-7-11(16)5-3-10(14)2/h3-8,17H,1-2H3,(H,18,19). The molecule has 5 nitrogen and oxygen atoms in total. The Morgan fingerprint density at radius 3 is 2.36 bits per heavy atom. The van der Waals surface area contributed by atoms with Gasteiger partial charge in [0, 0.05) is 0 Å². The Kier molecular flexibility index (Phi) is 4.18. The van der Waals surface area contributed by atoms with E-state index in [2.05, 4.69) is 4.72 Å². The Labute approximate surface area is 127 Å². The SMILES string of the molecule is Cc1ccc(F)cc1NS(=O)(=O)c1ccc(C)c(C(=O)O)c1. The van der Waals surface area contributed by atoms with Gasteiger partial charge in [-0.1, -0.05) is 12.1 Å². The molecule has 0 atom stereocenters. The Balaban J connectivity index is 2.45. The first-order valence-corrected chi connectivity index (χ1v) is 7.82. The van der Waals surface area contributed by atoms with Crippen molar-refractivity contribution in [3.8, 4) is 0 Å². The lowest BCUT2D eigenvalue weighted by atomic mass is 10.1. The molecule has 0 fully saturated rings. The third-order valence-corrected chi connectivity index (χ3v) is 4.56. The van der Waals surface area contributed by atoms with Crippen molar-refractivity contribution in [2.24, 2.45) is 0 Å². The van der Waals surface area contributed by atoms with Gasteiger partial charge < -0.3 is 5.11 Å². The minimum absolute atomic E-state index is 0.0983. The molecule has 0 aliphatic heterocycles. The number of sulfonamides is 1. The molecule has 0 spiro atoms. The van der Waals surface area contributed by atoms with Crippen LogP contribution in [0.1, 0.15) is 21.5 Å². The highest BCUT2D eigenvalue weighted by atomic mass is 32.2. The number of nitrogens with one attached hydrogen (secondary N) is 1. The summed E-state index contributed by atoms with van der Waals surface area (Å²) in [5.74, 6) is -1.78. The van der Waals surface area contributed by atoms with Gasteiger partial charge in [-0.25, -0.2) is 17.6 Å². The van der Waals surface area contributed by atoms with Gasteiger partial charge in [0.15, 0.2) is 0 Å². The molecule has 0 unspecified atom stereocenters. The molecule has 0 saturated carbocycles. The van der Waals surface area contributed by atoms with E-state index in [9.17, 15) is 17.6 Å². The zero-order valence-electron chi connectivity index (χ0n) is 11.9. The van der Waals surface area contributed by atoms with E-state index in [0.29, 0.717) is 11.1 Å². The third-order valence-electron chi connectivity index (χ3n) is 3.19. The Morgan fingerprint density at radius 1 is 1.09 bits per heavy atom. The fourth-order valence-corrected chi connectivity index (χ4v) is 3.05. The van der Waals surface area contributed by atoms with Crippen molar-refractivity contribution in [3.63, 3.8) is 0 Å². The van der Waals surface area contributed by atoms with Gasteiger partial charge in [-0.15, -0.1) is 0 Å². The number of rotatable bonds is 4. The Bertz CT molecular complexity index is 847. The van der Waals surface area contributed by atoms with Gasteiger partial charge in [0.05, 0.1) is 16.1 Å². The number of carboxylic acids is 1. The average Bonchev–Trinajstić information content (AvgIpc) is 2.42. The van der Waals surface area contributed by atoms with Crippen LogP contribution in [0.2, 0.25) is 0 Å². The van der Waals surface area contributed by atoms with Crippen LogP contribution >= 0.6 is 0 Å². The van der Waals surface area contributed by atoms with E-state index in [1.165, 1.54) is 24.3 Å². The van der Waals surface area contributed by atoms with E-state index in [4.69, 9.17) is 5.11 Å². The first-order valence-electron chi connectivity index (χ1n) is 6.33. The van der Waals surface area contributed by atoms with Gasteiger partial charge in [0.1, 0.15) is 5.82 Å². The van der Waals surface area contributed by atoms with Crippen LogP contribution in [0.4, 0.5) is 10.1 Å². The second-order valence-corrected chi connectivity index (χ2v) is 6.53. The molecule has 2 aromatic rings. The second-order valence-electron chi connectivity index (χ2n) is 4.85. The summed E-state index contributed by atoms with van der Waals surface area (Å²) in [7, 11) is -4.01. The molecule has 0 saturated heterocycles. The number of hydrogen-bond acceptors (Lipinski definition) is 3. The number of halogens is 1. The smallest absolute Gasteiger partial charge is 0.335 e. The van der Waals surface area contributed by atoms with Crippen molar-refractivity contribution in [1.29, 1.82) is 0 Å². The first-order chi connectivity index (χ1) is 10.2. The second kappa shape index (κ2) is 5.76. The molecule has 2 N–H and O–H groups in total. The molecular weight excluding hydrogens is 309 g/mol. The molecule has 0 aromatic heterocycles. The largest absolute Gasteiger partial charge is 0.478 e. The summed E-state index contributed by atoms with van der Waals surface area (Å²) < 4.78 is 40.2. The molecule has 0 aliphatic rings. The summed E-state index contributed by atoms with van der Waals surface area (Å²) in [5, 5.41) is 9.06. The highest BCUT2D eigenvalue weighted by Crippen LogP contribution is 2.22. The van der Waals surface area contributed by atoms with Crippen LogP contribution in [-0.4, -0.2) is 19.5 Å². The molecule has 0 radical (unpaired) electrons. The number of aromatic carboxylic acids is 1. The Morgan fingerprint density at radius 2 is 1.73 bits per heavy atom. The number of carboxylic acid groups (broad SMARTS) is 1. The minimum Gasteiger partial charge on any atom is -0.478 e. The predicted molar refractivity (Wildman–Crippen MR) is 80.1 cm³/mol. The lowest BCUT2D eigenvalue weighted by Gasteiger charge is -2.12. The highest BCUT2D eigenvalue weighted by molar-refractivity contribution is 7.92. The van der Waals surface area contributed by atoms with Crippen LogP contribution in [0.5, 0.6) is 0 Å². The molecule has 0 aliphatic carbocycles. The summed E-state index contributed by atoms with van der Waals surface area (Å²) in [4.78, 5) is 10.9. The zero-order chi connectivity index (χ0) is 16.5. The number of benzene rings is 2. The zero-order valence-corrected chi connectivity index (χ0v) is 12.7. The van der Waals surface area contributed by atoms with Crippen molar-refractivity contribution in [2.45, 2.75) is 18.7 Å². The van der Waals surface area contributed by atoms with E-state index >= 15 is 0 Å². The van der Waals surface area contributed by atoms with Crippen molar-refractivity contribution in [1.82, 2.24) is 0 Å². The number of anilines is 1. The molecule has 22 heavy (non-hydrogen) atoms. The van der Waals surface area contributed by atoms with Crippen LogP contribution in [-0.2, 0) is 10.0 Å². The van der Waals surface area contributed by atoms with Gasteiger partial charge in [-0.3, -0.25) is 4.72 Å². The molecule has 116 valence electrons. The van der Waals surface area contributed by atoms with Gasteiger partial charge in [0.25, 0.3) is 10.0 Å². The number of aryl methyl sites for hydroxylation is 2. The highest BCUT2D eigenvalue weighted by Gasteiger charge is 2.18. The van der Waals surface area contributed by atoms with E-state index in [-0.39, 0.29) is 16.1 Å². The summed E-state index contributed by atoms with van der Waals surface area (Å²) in [6.45, 7) is 3.21. The normalized spacial score (nSPS) is 11.2. The lowest BCUT2D eigenvalue weighted by Crippen LogP contribution is -2.15. The van der Waals surface area contributed by atoms with Gasteiger partial charge >= 0.3 is 5.97 Å². The number of carbonyl (C=O) groups is 1. The molecular formula is C15H14FNO4S. The maximum Gasteiger partial charge on any atom is 0.335 e. The fraction of sp³-hybridized carbons (Fsp3) is 0.133. The van der Waals surface area contributed by atoms with Crippen LogP contribution in [0.3, 0.4) is 0 Å². The summed E-state index contributed by atoms with van der Waals surface area (Å²) in [5.41, 5.74) is 1.01. The summed E-state index contributed by atoms with van der Waals surface area (Å²) >= 11 is 0. The maximum atomic E-state index is 13.2. The monoisotopic (exact) mass is 323 g/mol. The third kappa shape index (κ3) is 3.25. The van der Waals surface area contributed by atoms with Gasteiger partial charge in [0.2, 0.25) is 0 Å². The molecule has 2 aromatic carbocycles. The lowest BCUT2D eigenvalue weighted by molar-refractivity contribution is 0.0696. The van der Waals surface area contributed by atoms with Crippen LogP contribution < -0.4 is 4.72 Å². The van der Waals surface area contributed by atoms with Gasteiger partial charge in [-0.05, 0) is 49.2 Å². The van der Waals surface area contributed by atoms with E-state index in [1.54, 1.807) is 13.8 Å². The minimum atomic E-state index is -4.01. The van der Waals surface area contributed by atoms with Crippen molar-refractivity contribution in [2.75, 3.05) is 4.72 Å². The van der Waals surface area contributed by atoms with Crippen LogP contribution in [0.15, 0.2) is 41.3 Å². The van der Waals surface area contributed by atoms with Crippen molar-refractivity contribution < 1.29 is 22.7 Å². The van der Waals surface area contributed by atoms with Crippen molar-refractivity contribution in [3.05, 3.63) is 58.9 Å². The van der Waals surface area contributed by atoms with E-state index in [0.717, 1.165) is 12.1 Å². The quantitative estimate of drug-likeness (QED) is 0.906. The topological polar surface area (TPSA) is 83.5 Å². The molecule has 0 amide bonds. The van der Waals surface area contributed by atoms with Crippen LogP contribution in [0.25, 0.3) is 0 Å². The molecule has 0 heterocycles. The van der Waals surface area contributed by atoms with E-state index < -0.39 is 21.8 Å². The average molecular weight is 323 g/mol. The molecule has 0 bridgehead atoms. The fourth-order valence-electron chi connectivity index (χ4n) is 1.91. The summed E-state index contributed by atoms with van der Waals surface area (Å²) in [6, 6.07) is 7.54. The number of hydrogen-bond donors (Lipinski definition) is 2.